The molecule has 4 N–H and O–H groups in total. The number of aromatic amines is 1. The maximum Gasteiger partial charge on any atom is 0.255 e. The monoisotopic (exact) mass is 429 g/mol. The quantitative estimate of drug-likeness (QED) is 0.373. The van der Waals surface area contributed by atoms with E-state index >= 15 is 0 Å². The summed E-state index contributed by atoms with van der Waals surface area (Å²) in [4.78, 5) is 29.3. The van der Waals surface area contributed by atoms with Gasteiger partial charge in [0.05, 0.1) is 11.3 Å². The summed E-state index contributed by atoms with van der Waals surface area (Å²) in [6, 6.07) is 25.4. The van der Waals surface area contributed by atoms with Crippen LogP contribution in [0.5, 0.6) is 0 Å². The number of carbonyl (C=O) groups excluding carboxylic acids is 2. The van der Waals surface area contributed by atoms with Gasteiger partial charge in [0, 0.05) is 22.7 Å². The Morgan fingerprint density at radius 3 is 2.13 bits per heavy atom. The summed E-state index contributed by atoms with van der Waals surface area (Å²) in [5, 5.41) is 3.45. The van der Waals surface area contributed by atoms with Gasteiger partial charge in [-0.25, -0.2) is 0 Å². The number of ketones is 1. The molecule has 1 aromatic heterocycles. The van der Waals surface area contributed by atoms with Gasteiger partial charge in [0.1, 0.15) is 5.82 Å². The molecule has 0 unspecified atom stereocenters. The number of H-pyrrole nitrogens is 1. The summed E-state index contributed by atoms with van der Waals surface area (Å²) in [6.07, 6.45) is 0. The molecule has 0 bridgehead atoms. The zero-order chi connectivity index (χ0) is 21.8. The van der Waals surface area contributed by atoms with E-state index in [1.54, 1.807) is 48.5 Å². The lowest BCUT2D eigenvalue weighted by molar-refractivity contribution is 0.0952. The summed E-state index contributed by atoms with van der Waals surface area (Å²) in [6.45, 7) is 0.340. The SMILES string of the molecule is Nc1[nH]c(C(=O)c2ccccc2)c(-c2ccc(Cl)cc2)c1C(=O)NCc1ccccc1. The Balaban J connectivity index is 1.77. The van der Waals surface area contributed by atoms with Gasteiger partial charge >= 0.3 is 0 Å². The molecule has 1 amide bonds. The third kappa shape index (κ3) is 4.37. The van der Waals surface area contributed by atoms with Crippen molar-refractivity contribution in [1.29, 1.82) is 0 Å². The van der Waals surface area contributed by atoms with Crippen molar-refractivity contribution in [3.05, 3.63) is 112 Å². The van der Waals surface area contributed by atoms with Crippen LogP contribution in [0.4, 0.5) is 5.82 Å². The number of rotatable bonds is 6. The predicted octanol–water partition coefficient (Wildman–Crippen LogP) is 5.08. The third-order valence-electron chi connectivity index (χ3n) is 4.95. The molecule has 0 aliphatic carbocycles. The summed E-state index contributed by atoms with van der Waals surface area (Å²) in [5.74, 6) is -0.483. The highest BCUT2D eigenvalue weighted by atomic mass is 35.5. The molecule has 0 saturated heterocycles. The molecule has 0 atom stereocenters. The van der Waals surface area contributed by atoms with Crippen LogP contribution in [0.2, 0.25) is 5.02 Å². The summed E-state index contributed by atoms with van der Waals surface area (Å²) >= 11 is 6.04. The Hall–Kier alpha value is -3.83. The second-order valence-corrected chi connectivity index (χ2v) is 7.47. The van der Waals surface area contributed by atoms with Crippen molar-refractivity contribution >= 4 is 29.1 Å². The van der Waals surface area contributed by atoms with Gasteiger partial charge in [-0.05, 0) is 23.3 Å². The predicted molar refractivity (Wildman–Crippen MR) is 123 cm³/mol. The lowest BCUT2D eigenvalue weighted by atomic mass is 9.96. The minimum absolute atomic E-state index is 0.134. The van der Waals surface area contributed by atoms with E-state index in [1.807, 2.05) is 36.4 Å². The maximum atomic E-state index is 13.2. The van der Waals surface area contributed by atoms with Crippen LogP contribution in [-0.2, 0) is 6.54 Å². The fourth-order valence-corrected chi connectivity index (χ4v) is 3.56. The van der Waals surface area contributed by atoms with E-state index in [0.717, 1.165) is 5.56 Å². The number of nitrogens with one attached hydrogen (secondary N) is 2. The number of amides is 1. The van der Waals surface area contributed by atoms with Crippen LogP contribution >= 0.6 is 11.6 Å². The van der Waals surface area contributed by atoms with Crippen molar-refractivity contribution in [2.75, 3.05) is 5.73 Å². The smallest absolute Gasteiger partial charge is 0.255 e. The van der Waals surface area contributed by atoms with Crippen molar-refractivity contribution < 1.29 is 9.59 Å². The zero-order valence-electron chi connectivity index (χ0n) is 16.6. The van der Waals surface area contributed by atoms with Crippen molar-refractivity contribution in [3.63, 3.8) is 0 Å². The Labute approximate surface area is 184 Å². The van der Waals surface area contributed by atoms with E-state index < -0.39 is 0 Å². The van der Waals surface area contributed by atoms with Gasteiger partial charge in [-0.2, -0.15) is 0 Å². The largest absolute Gasteiger partial charge is 0.385 e. The minimum Gasteiger partial charge on any atom is -0.385 e. The van der Waals surface area contributed by atoms with Crippen LogP contribution in [0.25, 0.3) is 11.1 Å². The number of nitrogen functional groups attached to an aromatic ring is 1. The van der Waals surface area contributed by atoms with Crippen molar-refractivity contribution in [2.24, 2.45) is 0 Å². The average molecular weight is 430 g/mol. The van der Waals surface area contributed by atoms with Crippen molar-refractivity contribution in [3.8, 4) is 11.1 Å². The Kier molecular flexibility index (Phi) is 5.87. The first-order valence-electron chi connectivity index (χ1n) is 9.74. The van der Waals surface area contributed by atoms with E-state index in [0.29, 0.717) is 28.3 Å². The van der Waals surface area contributed by atoms with Gasteiger partial charge in [-0.15, -0.1) is 0 Å². The normalized spacial score (nSPS) is 10.6. The van der Waals surface area contributed by atoms with Crippen LogP contribution in [-0.4, -0.2) is 16.7 Å². The van der Waals surface area contributed by atoms with Gasteiger partial charge in [-0.3, -0.25) is 9.59 Å². The highest BCUT2D eigenvalue weighted by Gasteiger charge is 2.27. The van der Waals surface area contributed by atoms with E-state index in [2.05, 4.69) is 10.3 Å². The fraction of sp³-hybridized carbons (Fsp3) is 0.0400. The molecule has 1 heterocycles. The van der Waals surface area contributed by atoms with Crippen molar-refractivity contribution in [2.45, 2.75) is 6.54 Å². The number of anilines is 1. The Morgan fingerprint density at radius 1 is 0.871 bits per heavy atom. The molecule has 3 aromatic carbocycles. The molecule has 4 aromatic rings. The molecule has 0 fully saturated rings. The average Bonchev–Trinajstić information content (AvgIpc) is 3.16. The van der Waals surface area contributed by atoms with E-state index in [1.165, 1.54) is 0 Å². The number of carbonyl (C=O) groups is 2. The molecule has 0 saturated carbocycles. The first kappa shape index (κ1) is 20.4. The number of benzene rings is 3. The first-order valence-corrected chi connectivity index (χ1v) is 10.1. The zero-order valence-corrected chi connectivity index (χ0v) is 17.3. The molecular formula is C25H20ClN3O2. The summed E-state index contributed by atoms with van der Waals surface area (Å²) < 4.78 is 0. The van der Waals surface area contributed by atoms with Crippen LogP contribution in [0.3, 0.4) is 0 Å². The third-order valence-corrected chi connectivity index (χ3v) is 5.20. The minimum atomic E-state index is -0.366. The van der Waals surface area contributed by atoms with Crippen LogP contribution in [0.15, 0.2) is 84.9 Å². The number of halogens is 1. The topological polar surface area (TPSA) is 88.0 Å². The molecule has 31 heavy (non-hydrogen) atoms. The number of aromatic nitrogens is 1. The van der Waals surface area contributed by atoms with Crippen LogP contribution < -0.4 is 11.1 Å². The molecule has 5 nitrogen and oxygen atoms in total. The standard InChI is InChI=1S/C25H20ClN3O2/c26-19-13-11-17(12-14-19)20-21(25(31)28-15-16-7-3-1-4-8-16)24(27)29-22(20)23(30)18-9-5-2-6-10-18/h1-14,29H,15,27H2,(H,28,31). The van der Waals surface area contributed by atoms with E-state index in [9.17, 15) is 9.59 Å². The van der Waals surface area contributed by atoms with Gasteiger partial charge in [0.2, 0.25) is 5.78 Å². The summed E-state index contributed by atoms with van der Waals surface area (Å²) in [5.41, 5.74) is 9.27. The van der Waals surface area contributed by atoms with Crippen molar-refractivity contribution in [1.82, 2.24) is 10.3 Å². The highest BCUT2D eigenvalue weighted by Crippen LogP contribution is 2.34. The number of hydrogen-bond acceptors (Lipinski definition) is 3. The lowest BCUT2D eigenvalue weighted by Crippen LogP contribution is -2.24. The van der Waals surface area contributed by atoms with Gasteiger partial charge in [0.15, 0.2) is 0 Å². The van der Waals surface area contributed by atoms with E-state index in [-0.39, 0.29) is 28.8 Å². The van der Waals surface area contributed by atoms with Gasteiger partial charge in [-0.1, -0.05) is 84.4 Å². The molecule has 0 aliphatic heterocycles. The van der Waals surface area contributed by atoms with E-state index in [4.69, 9.17) is 17.3 Å². The first-order chi connectivity index (χ1) is 15.0. The Morgan fingerprint density at radius 2 is 1.48 bits per heavy atom. The molecule has 0 aliphatic rings. The summed E-state index contributed by atoms with van der Waals surface area (Å²) in [7, 11) is 0. The van der Waals surface area contributed by atoms with Gasteiger partial charge < -0.3 is 16.0 Å². The molecular weight excluding hydrogens is 410 g/mol. The maximum absolute atomic E-state index is 13.2. The van der Waals surface area contributed by atoms with Crippen LogP contribution in [0.1, 0.15) is 32.0 Å². The van der Waals surface area contributed by atoms with Gasteiger partial charge in [0.25, 0.3) is 5.91 Å². The molecule has 0 spiro atoms. The molecule has 154 valence electrons. The second kappa shape index (κ2) is 8.90. The number of nitrogens with two attached hydrogens (primary N) is 1. The van der Waals surface area contributed by atoms with Crippen LogP contribution in [0, 0.1) is 0 Å². The molecule has 6 heteroatoms. The lowest BCUT2D eigenvalue weighted by Gasteiger charge is -2.10. The molecule has 0 radical (unpaired) electrons. The molecule has 4 rings (SSSR count). The fourth-order valence-electron chi connectivity index (χ4n) is 3.43. The number of hydrogen-bond donors (Lipinski definition) is 3. The highest BCUT2D eigenvalue weighted by molar-refractivity contribution is 6.30. The second-order valence-electron chi connectivity index (χ2n) is 7.03. The Bertz CT molecular complexity index is 1220.